The number of aliphatic imine (C=N–C) groups is 1. The third-order valence-corrected chi connectivity index (χ3v) is 4.79. The molecule has 2 rings (SSSR count). The molecule has 0 radical (unpaired) electrons. The molecule has 6 nitrogen and oxygen atoms in total. The summed E-state index contributed by atoms with van der Waals surface area (Å²) in [5.41, 5.74) is 0.798. The second kappa shape index (κ2) is 12.3. The molecule has 28 heavy (non-hydrogen) atoms. The minimum Gasteiger partial charge on any atom is -0.357 e. The van der Waals surface area contributed by atoms with Crippen molar-refractivity contribution in [2.75, 3.05) is 39.3 Å². The summed E-state index contributed by atoms with van der Waals surface area (Å²) in [6.45, 7) is 9.50. The standard InChI is InChI=1S/C21H34FN5O/c1-3-13-27-14-9-19(10-15-27)26-21(23-4-2)25-12-11-24-20(28)16-17-5-7-18(22)8-6-17/h5-8,19H,3-4,9-16H2,1-2H3,(H,24,28)(H2,23,25,26). The Balaban J connectivity index is 1.70. The predicted octanol–water partition coefficient (Wildman–Crippen LogP) is 1.91. The first-order chi connectivity index (χ1) is 13.6. The molecule has 1 heterocycles. The van der Waals surface area contributed by atoms with Crippen molar-refractivity contribution in [3.05, 3.63) is 35.6 Å². The van der Waals surface area contributed by atoms with Crippen LogP contribution in [0.5, 0.6) is 0 Å². The zero-order chi connectivity index (χ0) is 20.2. The molecule has 1 aromatic rings. The van der Waals surface area contributed by atoms with Crippen LogP contribution in [0.25, 0.3) is 0 Å². The number of amides is 1. The number of likely N-dealkylation sites (tertiary alicyclic amines) is 1. The fraction of sp³-hybridized carbons (Fsp3) is 0.619. The quantitative estimate of drug-likeness (QED) is 0.342. The monoisotopic (exact) mass is 391 g/mol. The maximum absolute atomic E-state index is 12.9. The number of benzene rings is 1. The minimum atomic E-state index is -0.294. The van der Waals surface area contributed by atoms with Gasteiger partial charge in [-0.1, -0.05) is 19.1 Å². The SMILES string of the molecule is CCCN1CCC(NC(=NCCNC(=O)Cc2ccc(F)cc2)NCC)CC1. The molecular weight excluding hydrogens is 357 g/mol. The maximum atomic E-state index is 12.9. The molecule has 0 spiro atoms. The van der Waals surface area contributed by atoms with Crippen LogP contribution >= 0.6 is 0 Å². The van der Waals surface area contributed by atoms with E-state index in [9.17, 15) is 9.18 Å². The Hall–Kier alpha value is -2.15. The zero-order valence-corrected chi connectivity index (χ0v) is 17.1. The number of carbonyl (C=O) groups excluding carboxylic acids is 1. The number of carbonyl (C=O) groups is 1. The van der Waals surface area contributed by atoms with Crippen LogP contribution in [-0.2, 0) is 11.2 Å². The van der Waals surface area contributed by atoms with Gasteiger partial charge >= 0.3 is 0 Å². The van der Waals surface area contributed by atoms with Crippen molar-refractivity contribution in [2.24, 2.45) is 4.99 Å². The Kier molecular flexibility index (Phi) is 9.76. The Labute approximate surface area is 168 Å². The summed E-state index contributed by atoms with van der Waals surface area (Å²) in [6, 6.07) is 6.44. The van der Waals surface area contributed by atoms with E-state index in [1.54, 1.807) is 12.1 Å². The lowest BCUT2D eigenvalue weighted by Gasteiger charge is -2.32. The normalized spacial score (nSPS) is 16.0. The molecule has 1 aliphatic heterocycles. The van der Waals surface area contributed by atoms with Gasteiger partial charge in [0, 0.05) is 32.2 Å². The van der Waals surface area contributed by atoms with Gasteiger partial charge in [-0.2, -0.15) is 0 Å². The van der Waals surface area contributed by atoms with Crippen molar-refractivity contribution in [2.45, 2.75) is 45.6 Å². The highest BCUT2D eigenvalue weighted by molar-refractivity contribution is 5.80. The van der Waals surface area contributed by atoms with Gasteiger partial charge in [0.05, 0.1) is 13.0 Å². The van der Waals surface area contributed by atoms with Crippen LogP contribution in [0.4, 0.5) is 4.39 Å². The summed E-state index contributed by atoms with van der Waals surface area (Å²) in [5, 5.41) is 9.66. The molecule has 1 amide bonds. The van der Waals surface area contributed by atoms with Gasteiger partial charge < -0.3 is 20.9 Å². The predicted molar refractivity (Wildman–Crippen MR) is 112 cm³/mol. The lowest BCUT2D eigenvalue weighted by atomic mass is 10.1. The van der Waals surface area contributed by atoms with Crippen LogP contribution in [0.3, 0.4) is 0 Å². The lowest BCUT2D eigenvalue weighted by Crippen LogP contribution is -2.49. The topological polar surface area (TPSA) is 68.8 Å². The Morgan fingerprint density at radius 2 is 1.89 bits per heavy atom. The fourth-order valence-corrected chi connectivity index (χ4v) is 3.34. The highest BCUT2D eigenvalue weighted by Gasteiger charge is 2.19. The molecule has 1 fully saturated rings. The average Bonchev–Trinajstić information content (AvgIpc) is 2.69. The smallest absolute Gasteiger partial charge is 0.224 e. The summed E-state index contributed by atoms with van der Waals surface area (Å²) >= 11 is 0. The van der Waals surface area contributed by atoms with E-state index in [4.69, 9.17) is 0 Å². The highest BCUT2D eigenvalue weighted by Crippen LogP contribution is 2.10. The van der Waals surface area contributed by atoms with Crippen LogP contribution < -0.4 is 16.0 Å². The van der Waals surface area contributed by atoms with Gasteiger partial charge in [0.25, 0.3) is 0 Å². The Morgan fingerprint density at radius 1 is 1.18 bits per heavy atom. The maximum Gasteiger partial charge on any atom is 0.224 e. The summed E-state index contributed by atoms with van der Waals surface area (Å²) in [7, 11) is 0. The van der Waals surface area contributed by atoms with E-state index in [-0.39, 0.29) is 18.1 Å². The molecule has 0 aromatic heterocycles. The van der Waals surface area contributed by atoms with Gasteiger partial charge in [-0.15, -0.1) is 0 Å². The van der Waals surface area contributed by atoms with Crippen molar-refractivity contribution in [3.8, 4) is 0 Å². The van der Waals surface area contributed by atoms with Gasteiger partial charge in [-0.05, 0) is 50.4 Å². The van der Waals surface area contributed by atoms with Gasteiger partial charge in [-0.3, -0.25) is 9.79 Å². The van der Waals surface area contributed by atoms with Crippen molar-refractivity contribution in [1.82, 2.24) is 20.9 Å². The summed E-state index contributed by atoms with van der Waals surface area (Å²) in [6.07, 6.45) is 3.70. The van der Waals surface area contributed by atoms with Crippen LogP contribution in [0.2, 0.25) is 0 Å². The fourth-order valence-electron chi connectivity index (χ4n) is 3.34. The van der Waals surface area contributed by atoms with Gasteiger partial charge in [-0.25, -0.2) is 4.39 Å². The van der Waals surface area contributed by atoms with Crippen LogP contribution in [0.1, 0.15) is 38.7 Å². The summed E-state index contributed by atoms with van der Waals surface area (Å²) < 4.78 is 12.9. The molecule has 0 bridgehead atoms. The third-order valence-electron chi connectivity index (χ3n) is 4.79. The first kappa shape index (κ1) is 22.1. The zero-order valence-electron chi connectivity index (χ0n) is 17.1. The van der Waals surface area contributed by atoms with E-state index in [0.29, 0.717) is 19.1 Å². The highest BCUT2D eigenvalue weighted by atomic mass is 19.1. The van der Waals surface area contributed by atoms with E-state index in [2.05, 4.69) is 32.8 Å². The third kappa shape index (κ3) is 8.25. The van der Waals surface area contributed by atoms with Crippen molar-refractivity contribution < 1.29 is 9.18 Å². The second-order valence-electron chi connectivity index (χ2n) is 7.17. The molecule has 1 aliphatic rings. The van der Waals surface area contributed by atoms with Gasteiger partial charge in [0.2, 0.25) is 5.91 Å². The molecule has 1 aromatic carbocycles. The molecular formula is C21H34FN5O. The van der Waals surface area contributed by atoms with Crippen LogP contribution in [0.15, 0.2) is 29.3 Å². The molecule has 0 unspecified atom stereocenters. The van der Waals surface area contributed by atoms with E-state index in [1.165, 1.54) is 25.1 Å². The van der Waals surface area contributed by atoms with Crippen LogP contribution in [-0.4, -0.2) is 62.1 Å². The molecule has 0 saturated carbocycles. The van der Waals surface area contributed by atoms with Gasteiger partial charge in [0.15, 0.2) is 5.96 Å². The largest absolute Gasteiger partial charge is 0.357 e. The summed E-state index contributed by atoms with van der Waals surface area (Å²) in [4.78, 5) is 19.1. The number of hydrogen-bond donors (Lipinski definition) is 3. The van der Waals surface area contributed by atoms with Crippen molar-refractivity contribution in [3.63, 3.8) is 0 Å². The molecule has 0 atom stereocenters. The van der Waals surface area contributed by atoms with Crippen molar-refractivity contribution >= 4 is 11.9 Å². The second-order valence-corrected chi connectivity index (χ2v) is 7.17. The van der Waals surface area contributed by atoms with E-state index < -0.39 is 0 Å². The Bertz CT molecular complexity index is 612. The molecule has 3 N–H and O–H groups in total. The number of halogens is 1. The molecule has 7 heteroatoms. The molecule has 0 aliphatic carbocycles. The van der Waals surface area contributed by atoms with Crippen molar-refractivity contribution in [1.29, 1.82) is 0 Å². The number of hydrogen-bond acceptors (Lipinski definition) is 3. The average molecular weight is 392 g/mol. The lowest BCUT2D eigenvalue weighted by molar-refractivity contribution is -0.120. The number of rotatable bonds is 9. The van der Waals surface area contributed by atoms with Gasteiger partial charge in [0.1, 0.15) is 5.82 Å². The number of guanidine groups is 1. The Morgan fingerprint density at radius 3 is 2.54 bits per heavy atom. The summed E-state index contributed by atoms with van der Waals surface area (Å²) in [5.74, 6) is 0.435. The van der Waals surface area contributed by atoms with E-state index in [1.807, 2.05) is 6.92 Å². The minimum absolute atomic E-state index is 0.0805. The molecule has 1 saturated heterocycles. The van der Waals surface area contributed by atoms with E-state index >= 15 is 0 Å². The number of nitrogens with zero attached hydrogens (tertiary/aromatic N) is 2. The van der Waals surface area contributed by atoms with Crippen LogP contribution in [0, 0.1) is 5.82 Å². The molecule has 156 valence electrons. The van der Waals surface area contributed by atoms with E-state index in [0.717, 1.165) is 44.0 Å². The number of piperidine rings is 1. The first-order valence-corrected chi connectivity index (χ1v) is 10.4. The number of nitrogens with one attached hydrogen (secondary N) is 3. The first-order valence-electron chi connectivity index (χ1n) is 10.4.